The molecule has 2 amide bonds. The quantitative estimate of drug-likeness (QED) is 0.418. The van der Waals surface area contributed by atoms with Gasteiger partial charge in [0.2, 0.25) is 21.8 Å². The minimum absolute atomic E-state index is 0.0278. The second kappa shape index (κ2) is 12.8. The van der Waals surface area contributed by atoms with Crippen LogP contribution in [-0.4, -0.2) is 50.5 Å². The van der Waals surface area contributed by atoms with Crippen LogP contribution in [0.1, 0.15) is 32.8 Å². The first-order valence-corrected chi connectivity index (χ1v) is 14.1. The smallest absolute Gasteiger partial charge is 0.244 e. The molecule has 192 valence electrons. The molecule has 35 heavy (non-hydrogen) atoms. The van der Waals surface area contributed by atoms with Crippen LogP contribution < -0.4 is 9.62 Å². The molecule has 0 fully saturated rings. The monoisotopic (exact) mass is 561 g/mol. The molecule has 1 atom stereocenters. The molecule has 0 saturated heterocycles. The van der Waals surface area contributed by atoms with Crippen molar-refractivity contribution in [3.05, 3.63) is 63.1 Å². The van der Waals surface area contributed by atoms with E-state index in [2.05, 4.69) is 5.32 Å². The SMILES string of the molecule is CC[C@H](C(=O)NCC(C)C)N(Cc1ccccc1Cl)C(=O)CN(c1cc(Cl)cc(Cl)c1)S(C)(=O)=O. The van der Waals surface area contributed by atoms with Gasteiger partial charge in [0.15, 0.2) is 0 Å². The van der Waals surface area contributed by atoms with Crippen LogP contribution >= 0.6 is 34.8 Å². The highest BCUT2D eigenvalue weighted by molar-refractivity contribution is 7.92. The van der Waals surface area contributed by atoms with Crippen molar-refractivity contribution in [2.24, 2.45) is 5.92 Å². The molecule has 0 saturated carbocycles. The van der Waals surface area contributed by atoms with Crippen molar-refractivity contribution in [1.82, 2.24) is 10.2 Å². The summed E-state index contributed by atoms with van der Waals surface area (Å²) in [5.41, 5.74) is 0.780. The van der Waals surface area contributed by atoms with Gasteiger partial charge < -0.3 is 10.2 Å². The number of nitrogens with zero attached hydrogens (tertiary/aromatic N) is 2. The summed E-state index contributed by atoms with van der Waals surface area (Å²) < 4.78 is 26.2. The predicted octanol–water partition coefficient (Wildman–Crippen LogP) is 4.99. The fourth-order valence-corrected chi connectivity index (χ4v) is 4.99. The number of benzene rings is 2. The third-order valence-corrected chi connectivity index (χ3v) is 7.13. The van der Waals surface area contributed by atoms with Gasteiger partial charge in [-0.25, -0.2) is 8.42 Å². The third kappa shape index (κ3) is 8.56. The molecule has 0 aliphatic heterocycles. The van der Waals surface area contributed by atoms with E-state index in [1.54, 1.807) is 31.2 Å². The lowest BCUT2D eigenvalue weighted by Gasteiger charge is -2.33. The number of hydrogen-bond acceptors (Lipinski definition) is 4. The zero-order valence-corrected chi connectivity index (χ0v) is 23.2. The number of hydrogen-bond donors (Lipinski definition) is 1. The Morgan fingerprint density at radius 1 is 1.03 bits per heavy atom. The summed E-state index contributed by atoms with van der Waals surface area (Å²) in [6.07, 6.45) is 1.31. The molecule has 0 aliphatic rings. The fourth-order valence-electron chi connectivity index (χ4n) is 3.45. The molecule has 7 nitrogen and oxygen atoms in total. The maximum atomic E-state index is 13.6. The van der Waals surface area contributed by atoms with Crippen molar-refractivity contribution in [3.8, 4) is 0 Å². The summed E-state index contributed by atoms with van der Waals surface area (Å²) in [5, 5.41) is 3.75. The van der Waals surface area contributed by atoms with E-state index in [0.717, 1.165) is 10.6 Å². The number of rotatable bonds is 11. The Hall–Kier alpha value is -2.00. The van der Waals surface area contributed by atoms with E-state index in [-0.39, 0.29) is 34.1 Å². The summed E-state index contributed by atoms with van der Waals surface area (Å²) in [7, 11) is -3.89. The lowest BCUT2D eigenvalue weighted by Crippen LogP contribution is -2.52. The molecule has 0 spiro atoms. The van der Waals surface area contributed by atoms with Crippen LogP contribution in [0.4, 0.5) is 5.69 Å². The topological polar surface area (TPSA) is 86.8 Å². The van der Waals surface area contributed by atoms with Crippen LogP contribution in [0.15, 0.2) is 42.5 Å². The minimum atomic E-state index is -3.89. The summed E-state index contributed by atoms with van der Waals surface area (Å²) in [5.74, 6) is -0.672. The van der Waals surface area contributed by atoms with Crippen LogP contribution in [-0.2, 0) is 26.2 Å². The Morgan fingerprint density at radius 3 is 2.14 bits per heavy atom. The first kappa shape index (κ1) is 29.2. The molecule has 2 rings (SSSR count). The van der Waals surface area contributed by atoms with E-state index >= 15 is 0 Å². The number of amides is 2. The van der Waals surface area contributed by atoms with E-state index < -0.39 is 28.5 Å². The van der Waals surface area contributed by atoms with E-state index in [9.17, 15) is 18.0 Å². The van der Waals surface area contributed by atoms with Gasteiger partial charge in [-0.05, 0) is 42.2 Å². The second-order valence-corrected chi connectivity index (χ2v) is 11.8. The van der Waals surface area contributed by atoms with E-state index in [1.807, 2.05) is 13.8 Å². The Kier molecular flexibility index (Phi) is 10.7. The molecule has 0 aliphatic carbocycles. The number of carbonyl (C=O) groups excluding carboxylic acids is 2. The van der Waals surface area contributed by atoms with E-state index in [1.165, 1.54) is 23.1 Å². The van der Waals surface area contributed by atoms with Gasteiger partial charge in [-0.3, -0.25) is 13.9 Å². The van der Waals surface area contributed by atoms with Gasteiger partial charge in [-0.15, -0.1) is 0 Å². The van der Waals surface area contributed by atoms with E-state index in [0.29, 0.717) is 23.6 Å². The Balaban J connectivity index is 2.47. The largest absolute Gasteiger partial charge is 0.354 e. The number of anilines is 1. The molecule has 1 N–H and O–H groups in total. The molecule has 0 bridgehead atoms. The number of sulfonamides is 1. The predicted molar refractivity (Wildman–Crippen MR) is 143 cm³/mol. The van der Waals surface area contributed by atoms with Gasteiger partial charge in [-0.2, -0.15) is 0 Å². The summed E-state index contributed by atoms with van der Waals surface area (Å²) in [6.45, 7) is 5.65. The second-order valence-electron chi connectivity index (χ2n) is 8.57. The third-order valence-electron chi connectivity index (χ3n) is 5.18. The highest BCUT2D eigenvalue weighted by Crippen LogP contribution is 2.28. The van der Waals surface area contributed by atoms with Gasteiger partial charge in [0.05, 0.1) is 11.9 Å². The van der Waals surface area contributed by atoms with Crippen molar-refractivity contribution in [3.63, 3.8) is 0 Å². The van der Waals surface area contributed by atoms with Gasteiger partial charge >= 0.3 is 0 Å². The molecule has 0 aromatic heterocycles. The number of carbonyl (C=O) groups is 2. The van der Waals surface area contributed by atoms with Crippen molar-refractivity contribution >= 4 is 62.3 Å². The standard InChI is InChI=1S/C24H30Cl3N3O4S/c1-5-22(24(32)28-13-16(2)3)29(14-17-8-6-7-9-21(17)27)23(31)15-30(35(4,33)34)20-11-18(25)10-19(26)12-20/h6-12,16,22H,5,13-15H2,1-4H3,(H,28,32)/t22-/m1/s1. The van der Waals surface area contributed by atoms with Crippen molar-refractivity contribution in [2.75, 3.05) is 23.7 Å². The van der Waals surface area contributed by atoms with E-state index in [4.69, 9.17) is 34.8 Å². The maximum absolute atomic E-state index is 13.6. The van der Waals surface area contributed by atoms with Gasteiger partial charge in [-0.1, -0.05) is 73.8 Å². The Bertz CT molecular complexity index is 1140. The van der Waals surface area contributed by atoms with Crippen LogP contribution in [0.2, 0.25) is 15.1 Å². The number of nitrogens with one attached hydrogen (secondary N) is 1. The highest BCUT2D eigenvalue weighted by atomic mass is 35.5. The lowest BCUT2D eigenvalue weighted by molar-refractivity contribution is -0.140. The summed E-state index contributed by atoms with van der Waals surface area (Å²) in [4.78, 5) is 28.0. The van der Waals surface area contributed by atoms with Crippen molar-refractivity contribution in [1.29, 1.82) is 0 Å². The van der Waals surface area contributed by atoms with Crippen LogP contribution in [0.5, 0.6) is 0 Å². The maximum Gasteiger partial charge on any atom is 0.244 e. The van der Waals surface area contributed by atoms with Gasteiger partial charge in [0.1, 0.15) is 12.6 Å². The molecular weight excluding hydrogens is 533 g/mol. The first-order chi connectivity index (χ1) is 16.3. The normalized spacial score (nSPS) is 12.3. The summed E-state index contributed by atoms with van der Waals surface area (Å²) in [6, 6.07) is 10.4. The minimum Gasteiger partial charge on any atom is -0.354 e. The highest BCUT2D eigenvalue weighted by Gasteiger charge is 2.32. The first-order valence-electron chi connectivity index (χ1n) is 11.1. The van der Waals surface area contributed by atoms with Gasteiger partial charge in [0.25, 0.3) is 0 Å². The zero-order valence-electron chi connectivity index (χ0n) is 20.1. The van der Waals surface area contributed by atoms with Crippen LogP contribution in [0, 0.1) is 5.92 Å². The average molecular weight is 563 g/mol. The molecule has 0 unspecified atom stereocenters. The Morgan fingerprint density at radius 2 is 1.63 bits per heavy atom. The molecular formula is C24H30Cl3N3O4S. The van der Waals surface area contributed by atoms with Gasteiger partial charge in [0, 0.05) is 28.2 Å². The lowest BCUT2D eigenvalue weighted by atomic mass is 10.1. The van der Waals surface area contributed by atoms with Crippen molar-refractivity contribution in [2.45, 2.75) is 39.8 Å². The van der Waals surface area contributed by atoms with Crippen LogP contribution in [0.3, 0.4) is 0 Å². The molecule has 2 aromatic rings. The van der Waals surface area contributed by atoms with Crippen molar-refractivity contribution < 1.29 is 18.0 Å². The zero-order chi connectivity index (χ0) is 26.3. The fraction of sp³-hybridized carbons (Fsp3) is 0.417. The molecule has 11 heteroatoms. The molecule has 0 radical (unpaired) electrons. The summed E-state index contributed by atoms with van der Waals surface area (Å²) >= 11 is 18.5. The Labute approximate surface area is 222 Å². The molecule has 0 heterocycles. The molecule has 2 aromatic carbocycles. The average Bonchev–Trinajstić information content (AvgIpc) is 2.75. The van der Waals surface area contributed by atoms with Crippen LogP contribution in [0.25, 0.3) is 0 Å². The number of halogens is 3.